The van der Waals surface area contributed by atoms with Crippen LogP contribution in [0.25, 0.3) is 0 Å². The van der Waals surface area contributed by atoms with E-state index < -0.39 is 9.84 Å². The molecule has 1 amide bonds. The fourth-order valence-corrected chi connectivity index (χ4v) is 1.02. The molecular formula is C5H11NO3S2. The zero-order chi connectivity index (χ0) is 8.91. The normalized spacial score (nSPS) is 11.1. The predicted octanol–water partition coefficient (Wildman–Crippen LogP) is -0.923. The van der Waals surface area contributed by atoms with Crippen molar-refractivity contribution >= 4 is 28.4 Å². The molecule has 0 aromatic heterocycles. The van der Waals surface area contributed by atoms with Crippen molar-refractivity contribution in [3.63, 3.8) is 0 Å². The van der Waals surface area contributed by atoms with E-state index in [0.29, 0.717) is 0 Å². The van der Waals surface area contributed by atoms with Crippen LogP contribution >= 0.6 is 12.6 Å². The maximum Gasteiger partial charge on any atom is 0.229 e. The summed E-state index contributed by atoms with van der Waals surface area (Å²) in [6, 6.07) is 0. The Morgan fingerprint density at radius 1 is 1.55 bits per heavy atom. The van der Waals surface area contributed by atoms with Gasteiger partial charge in [0.2, 0.25) is 5.91 Å². The van der Waals surface area contributed by atoms with Gasteiger partial charge in [-0.3, -0.25) is 4.79 Å². The van der Waals surface area contributed by atoms with Gasteiger partial charge in [0.1, 0.15) is 9.84 Å². The van der Waals surface area contributed by atoms with Crippen LogP contribution in [0.15, 0.2) is 0 Å². The molecule has 0 heterocycles. The van der Waals surface area contributed by atoms with E-state index in [1.165, 1.54) is 0 Å². The Hall–Kier alpha value is -0.230. The monoisotopic (exact) mass is 197 g/mol. The SMILES string of the molecule is CS(=O)(=O)CCNC(=O)CS. The minimum absolute atomic E-state index is 0.0213. The van der Waals surface area contributed by atoms with Crippen molar-refractivity contribution in [1.82, 2.24) is 5.32 Å². The minimum Gasteiger partial charge on any atom is -0.354 e. The molecule has 0 saturated heterocycles. The molecule has 0 saturated carbocycles. The molecule has 0 aliphatic rings. The molecule has 0 aromatic rings. The summed E-state index contributed by atoms with van der Waals surface area (Å²) in [6.07, 6.45) is 1.12. The van der Waals surface area contributed by atoms with Gasteiger partial charge in [-0.15, -0.1) is 0 Å². The van der Waals surface area contributed by atoms with E-state index in [9.17, 15) is 13.2 Å². The van der Waals surface area contributed by atoms with Gasteiger partial charge in [0.05, 0.1) is 11.5 Å². The van der Waals surface area contributed by atoms with Crippen LogP contribution in [-0.4, -0.2) is 38.6 Å². The first-order chi connectivity index (χ1) is 4.95. The zero-order valence-corrected chi connectivity index (χ0v) is 7.91. The van der Waals surface area contributed by atoms with E-state index in [-0.39, 0.29) is 24.0 Å². The maximum atomic E-state index is 10.5. The van der Waals surface area contributed by atoms with Crippen molar-refractivity contribution in [1.29, 1.82) is 0 Å². The average molecular weight is 197 g/mol. The lowest BCUT2D eigenvalue weighted by atomic mass is 10.6. The number of carbonyl (C=O) groups is 1. The third-order valence-corrected chi connectivity index (χ3v) is 2.17. The second-order valence-electron chi connectivity index (χ2n) is 2.14. The average Bonchev–Trinajstić information content (AvgIpc) is 1.85. The molecule has 0 unspecified atom stereocenters. The number of thiol groups is 1. The lowest BCUT2D eigenvalue weighted by Gasteiger charge is -2.00. The molecule has 0 radical (unpaired) electrons. The number of nitrogens with one attached hydrogen (secondary N) is 1. The molecule has 0 spiro atoms. The molecule has 11 heavy (non-hydrogen) atoms. The van der Waals surface area contributed by atoms with Gasteiger partial charge in [-0.05, 0) is 0 Å². The van der Waals surface area contributed by atoms with E-state index >= 15 is 0 Å². The molecule has 6 heteroatoms. The first-order valence-electron chi connectivity index (χ1n) is 3.01. The second-order valence-corrected chi connectivity index (χ2v) is 4.71. The Balaban J connectivity index is 3.51. The number of hydrogen-bond acceptors (Lipinski definition) is 4. The predicted molar refractivity (Wildman–Crippen MR) is 46.6 cm³/mol. The summed E-state index contributed by atoms with van der Waals surface area (Å²) in [5.74, 6) is -0.187. The lowest BCUT2D eigenvalue weighted by molar-refractivity contribution is -0.118. The summed E-state index contributed by atoms with van der Waals surface area (Å²) >= 11 is 3.70. The molecule has 1 N–H and O–H groups in total. The van der Waals surface area contributed by atoms with Gasteiger partial charge in [-0.1, -0.05) is 0 Å². The molecular weight excluding hydrogens is 186 g/mol. The number of amides is 1. The fraction of sp³-hybridized carbons (Fsp3) is 0.800. The van der Waals surface area contributed by atoms with Crippen molar-refractivity contribution in [2.45, 2.75) is 0 Å². The molecule has 66 valence electrons. The second kappa shape index (κ2) is 4.61. The number of rotatable bonds is 4. The van der Waals surface area contributed by atoms with E-state index in [0.717, 1.165) is 6.26 Å². The van der Waals surface area contributed by atoms with Crippen LogP contribution in [0.3, 0.4) is 0 Å². The molecule has 0 rings (SSSR count). The van der Waals surface area contributed by atoms with Crippen molar-refractivity contribution < 1.29 is 13.2 Å². The van der Waals surface area contributed by atoms with Crippen molar-refractivity contribution in [3.05, 3.63) is 0 Å². The molecule has 0 aromatic carbocycles. The van der Waals surface area contributed by atoms with Crippen molar-refractivity contribution in [2.75, 3.05) is 24.3 Å². The summed E-state index contributed by atoms with van der Waals surface area (Å²) in [4.78, 5) is 10.5. The molecule has 0 aliphatic heterocycles. The summed E-state index contributed by atoms with van der Waals surface area (Å²) < 4.78 is 21.1. The lowest BCUT2D eigenvalue weighted by Crippen LogP contribution is -2.29. The van der Waals surface area contributed by atoms with Crippen LogP contribution in [0, 0.1) is 0 Å². The first kappa shape index (κ1) is 10.8. The number of sulfone groups is 1. The minimum atomic E-state index is -2.97. The molecule has 0 bridgehead atoms. The van der Waals surface area contributed by atoms with Gasteiger partial charge in [-0.2, -0.15) is 12.6 Å². The van der Waals surface area contributed by atoms with Gasteiger partial charge in [0.25, 0.3) is 0 Å². The van der Waals surface area contributed by atoms with Gasteiger partial charge >= 0.3 is 0 Å². The van der Waals surface area contributed by atoms with Gasteiger partial charge in [0.15, 0.2) is 0 Å². The van der Waals surface area contributed by atoms with Crippen molar-refractivity contribution in [2.24, 2.45) is 0 Å². The summed E-state index contributed by atoms with van der Waals surface area (Å²) in [5.41, 5.74) is 0. The molecule has 0 atom stereocenters. The van der Waals surface area contributed by atoms with Gasteiger partial charge in [-0.25, -0.2) is 8.42 Å². The fourth-order valence-electron chi connectivity index (χ4n) is 0.432. The van der Waals surface area contributed by atoms with Gasteiger partial charge < -0.3 is 5.32 Å². The molecule has 4 nitrogen and oxygen atoms in total. The highest BCUT2D eigenvalue weighted by Gasteiger charge is 2.02. The van der Waals surface area contributed by atoms with E-state index in [2.05, 4.69) is 17.9 Å². The third kappa shape index (κ3) is 7.67. The smallest absolute Gasteiger partial charge is 0.229 e. The largest absolute Gasteiger partial charge is 0.354 e. The topological polar surface area (TPSA) is 63.2 Å². The third-order valence-electron chi connectivity index (χ3n) is 0.939. The van der Waals surface area contributed by atoms with Crippen LogP contribution in [0.1, 0.15) is 0 Å². The van der Waals surface area contributed by atoms with Crippen LogP contribution in [-0.2, 0) is 14.6 Å². The quantitative estimate of drug-likeness (QED) is 0.573. The first-order valence-corrected chi connectivity index (χ1v) is 5.70. The molecule has 0 aliphatic carbocycles. The Morgan fingerprint density at radius 3 is 2.45 bits per heavy atom. The highest BCUT2D eigenvalue weighted by atomic mass is 32.2. The standard InChI is InChI=1S/C5H11NO3S2/c1-11(8,9)3-2-6-5(7)4-10/h10H,2-4H2,1H3,(H,6,7). The van der Waals surface area contributed by atoms with Crippen LogP contribution in [0.4, 0.5) is 0 Å². The Bertz CT molecular complexity index is 222. The summed E-state index contributed by atoms with van der Waals surface area (Å²) in [5, 5.41) is 2.39. The Kier molecular flexibility index (Phi) is 4.51. The Morgan fingerprint density at radius 2 is 2.09 bits per heavy atom. The number of carbonyl (C=O) groups excluding carboxylic acids is 1. The Labute approximate surface area is 71.7 Å². The van der Waals surface area contributed by atoms with Crippen LogP contribution in [0.5, 0.6) is 0 Å². The number of hydrogen-bond donors (Lipinski definition) is 2. The maximum absolute atomic E-state index is 10.5. The molecule has 0 fully saturated rings. The zero-order valence-electron chi connectivity index (χ0n) is 6.20. The van der Waals surface area contributed by atoms with Crippen molar-refractivity contribution in [3.8, 4) is 0 Å². The highest BCUT2D eigenvalue weighted by molar-refractivity contribution is 7.90. The van der Waals surface area contributed by atoms with E-state index in [4.69, 9.17) is 0 Å². The van der Waals surface area contributed by atoms with Crippen LogP contribution < -0.4 is 5.32 Å². The highest BCUT2D eigenvalue weighted by Crippen LogP contribution is 1.80. The van der Waals surface area contributed by atoms with Crippen LogP contribution in [0.2, 0.25) is 0 Å². The summed E-state index contributed by atoms with van der Waals surface area (Å²) in [7, 11) is -2.97. The van der Waals surface area contributed by atoms with Gasteiger partial charge in [0, 0.05) is 12.8 Å². The van der Waals surface area contributed by atoms with E-state index in [1.54, 1.807) is 0 Å². The summed E-state index contributed by atoms with van der Waals surface area (Å²) in [6.45, 7) is 0.165. The van der Waals surface area contributed by atoms with E-state index in [1.807, 2.05) is 0 Å².